The lowest BCUT2D eigenvalue weighted by Gasteiger charge is -2.38. The third-order valence-corrected chi connectivity index (χ3v) is 7.43. The van der Waals surface area contributed by atoms with Crippen LogP contribution in [0.5, 0.6) is 0 Å². The summed E-state index contributed by atoms with van der Waals surface area (Å²) in [7, 11) is 0. The van der Waals surface area contributed by atoms with E-state index in [1.54, 1.807) is 4.90 Å². The molecule has 1 aromatic carbocycles. The molecule has 10 nitrogen and oxygen atoms in total. The van der Waals surface area contributed by atoms with E-state index in [4.69, 9.17) is 4.74 Å². The van der Waals surface area contributed by atoms with Gasteiger partial charge in [-0.25, -0.2) is 9.78 Å². The van der Waals surface area contributed by atoms with E-state index < -0.39 is 11.2 Å². The number of nitrogens with one attached hydrogen (secondary N) is 1. The maximum Gasteiger partial charge on any atom is 0.410 e. The van der Waals surface area contributed by atoms with Crippen LogP contribution < -0.4 is 10.9 Å². The van der Waals surface area contributed by atoms with E-state index in [2.05, 4.69) is 17.2 Å². The first kappa shape index (κ1) is 28.6. The van der Waals surface area contributed by atoms with Crippen LogP contribution in [-0.4, -0.2) is 79.9 Å². The SMILES string of the molecule is CC(CC(=O)N1CCC(O)(Cn2cnc(N[C@@H]3CCN(C(=O)OC(C)(C)C)C3)cc2=O)CC1)c1ccccc1. The van der Waals surface area contributed by atoms with Gasteiger partial charge in [0.1, 0.15) is 11.4 Å². The number of anilines is 1. The molecule has 0 radical (unpaired) electrons. The highest BCUT2D eigenvalue weighted by Crippen LogP contribution is 2.26. The molecule has 2 fully saturated rings. The van der Waals surface area contributed by atoms with Gasteiger partial charge in [0.05, 0.1) is 18.5 Å². The van der Waals surface area contributed by atoms with Crippen molar-refractivity contribution < 1.29 is 19.4 Å². The zero-order valence-corrected chi connectivity index (χ0v) is 23.4. The third-order valence-electron chi connectivity index (χ3n) is 7.43. The Morgan fingerprint density at radius 3 is 2.49 bits per heavy atom. The second kappa shape index (κ2) is 11.8. The minimum absolute atomic E-state index is 0.0315. The number of ether oxygens (including phenoxy) is 1. The Labute approximate surface area is 230 Å². The largest absolute Gasteiger partial charge is 0.444 e. The van der Waals surface area contributed by atoms with E-state index in [9.17, 15) is 19.5 Å². The highest BCUT2D eigenvalue weighted by Gasteiger charge is 2.35. The lowest BCUT2D eigenvalue weighted by molar-refractivity contribution is -0.136. The summed E-state index contributed by atoms with van der Waals surface area (Å²) in [5, 5.41) is 14.4. The minimum Gasteiger partial charge on any atom is -0.444 e. The Morgan fingerprint density at radius 2 is 1.85 bits per heavy atom. The summed E-state index contributed by atoms with van der Waals surface area (Å²) in [5.74, 6) is 0.646. The van der Waals surface area contributed by atoms with Crippen molar-refractivity contribution in [2.24, 2.45) is 0 Å². The smallest absolute Gasteiger partial charge is 0.410 e. The molecule has 2 saturated heterocycles. The number of amides is 2. The molecule has 39 heavy (non-hydrogen) atoms. The van der Waals surface area contributed by atoms with Gasteiger partial charge in [0.2, 0.25) is 5.91 Å². The fraction of sp³-hybridized carbons (Fsp3) is 0.586. The molecule has 0 saturated carbocycles. The topological polar surface area (TPSA) is 117 Å². The molecule has 212 valence electrons. The number of hydrogen-bond acceptors (Lipinski definition) is 7. The van der Waals surface area contributed by atoms with Gasteiger partial charge in [0.25, 0.3) is 5.56 Å². The fourth-order valence-electron chi connectivity index (χ4n) is 5.14. The molecular formula is C29H41N5O5. The highest BCUT2D eigenvalue weighted by atomic mass is 16.6. The zero-order chi connectivity index (χ0) is 28.2. The van der Waals surface area contributed by atoms with Gasteiger partial charge in [-0.1, -0.05) is 37.3 Å². The van der Waals surface area contributed by atoms with Gasteiger partial charge in [-0.2, -0.15) is 0 Å². The summed E-state index contributed by atoms with van der Waals surface area (Å²) in [6.07, 6.45) is 3.05. The van der Waals surface area contributed by atoms with Crippen LogP contribution in [0.1, 0.15) is 64.9 Å². The molecule has 0 bridgehead atoms. The summed E-state index contributed by atoms with van der Waals surface area (Å²) in [6, 6.07) is 11.4. The molecule has 2 N–H and O–H groups in total. The Bertz CT molecular complexity index is 1200. The van der Waals surface area contributed by atoms with Crippen LogP contribution in [0.2, 0.25) is 0 Å². The molecule has 1 aromatic heterocycles. The molecule has 0 aliphatic carbocycles. The van der Waals surface area contributed by atoms with Gasteiger partial charge in [-0.05, 0) is 51.5 Å². The van der Waals surface area contributed by atoms with Crippen molar-refractivity contribution in [1.82, 2.24) is 19.4 Å². The summed E-state index contributed by atoms with van der Waals surface area (Å²) in [5.41, 5.74) is -0.761. The number of nitrogens with zero attached hydrogens (tertiary/aromatic N) is 4. The molecular weight excluding hydrogens is 498 g/mol. The monoisotopic (exact) mass is 539 g/mol. The molecule has 0 spiro atoms. The number of aromatic nitrogens is 2. The molecule has 2 atom stereocenters. The molecule has 1 unspecified atom stereocenters. The van der Waals surface area contributed by atoms with Crippen LogP contribution in [-0.2, 0) is 16.1 Å². The number of rotatable bonds is 7. The average molecular weight is 540 g/mol. The van der Waals surface area contributed by atoms with Crippen LogP contribution in [0.25, 0.3) is 0 Å². The van der Waals surface area contributed by atoms with Crippen molar-refractivity contribution >= 4 is 17.8 Å². The molecule has 2 aromatic rings. The van der Waals surface area contributed by atoms with E-state index >= 15 is 0 Å². The molecule has 4 rings (SSSR count). The van der Waals surface area contributed by atoms with Crippen molar-refractivity contribution in [2.45, 2.75) is 83.1 Å². The Balaban J connectivity index is 1.26. The van der Waals surface area contributed by atoms with E-state index in [0.717, 1.165) is 12.0 Å². The van der Waals surface area contributed by atoms with E-state index in [1.165, 1.54) is 17.0 Å². The molecule has 2 aliphatic heterocycles. The Hall–Kier alpha value is -3.40. The minimum atomic E-state index is -1.08. The summed E-state index contributed by atoms with van der Waals surface area (Å²) < 4.78 is 6.85. The normalized spacial score (nSPS) is 20.0. The molecule has 2 aliphatic rings. The maximum absolute atomic E-state index is 12.8. The number of likely N-dealkylation sites (tertiary alicyclic amines) is 2. The molecule has 3 heterocycles. The lowest BCUT2D eigenvalue weighted by atomic mass is 9.90. The highest BCUT2D eigenvalue weighted by molar-refractivity contribution is 5.77. The van der Waals surface area contributed by atoms with Crippen molar-refractivity contribution in [2.75, 3.05) is 31.5 Å². The van der Waals surface area contributed by atoms with Crippen LogP contribution in [0.3, 0.4) is 0 Å². The van der Waals surface area contributed by atoms with Crippen molar-refractivity contribution in [1.29, 1.82) is 0 Å². The second-order valence-electron chi connectivity index (χ2n) is 11.9. The number of hydrogen-bond donors (Lipinski definition) is 2. The quantitative estimate of drug-likeness (QED) is 0.555. The summed E-state index contributed by atoms with van der Waals surface area (Å²) in [6.45, 7) is 9.63. The van der Waals surface area contributed by atoms with Crippen LogP contribution in [0.15, 0.2) is 47.5 Å². The number of benzene rings is 1. The predicted molar refractivity (Wildman–Crippen MR) is 149 cm³/mol. The van der Waals surface area contributed by atoms with Crippen molar-refractivity contribution in [3.63, 3.8) is 0 Å². The maximum atomic E-state index is 12.8. The standard InChI is InChI=1S/C29H41N5O5/c1-21(22-8-6-5-7-9-22)16-25(35)32-14-11-29(38,12-15-32)19-34-20-30-24(17-26(34)36)31-23-10-13-33(18-23)27(37)39-28(2,3)4/h5-9,17,20-21,23,31,38H,10-16,18-19H2,1-4H3/t21?,23-/m1/s1. The third kappa shape index (κ3) is 7.81. The second-order valence-corrected chi connectivity index (χ2v) is 11.9. The number of carbonyl (C=O) groups is 2. The van der Waals surface area contributed by atoms with Gasteiger partial charge in [-0.3, -0.25) is 14.2 Å². The average Bonchev–Trinajstić information content (AvgIpc) is 3.34. The fourth-order valence-corrected chi connectivity index (χ4v) is 5.14. The Morgan fingerprint density at radius 1 is 1.15 bits per heavy atom. The van der Waals surface area contributed by atoms with E-state index in [-0.39, 0.29) is 36.1 Å². The molecule has 2 amide bonds. The predicted octanol–water partition coefficient (Wildman–Crippen LogP) is 3.21. The van der Waals surface area contributed by atoms with Crippen molar-refractivity contribution in [3.8, 4) is 0 Å². The lowest BCUT2D eigenvalue weighted by Crippen LogP contribution is -2.49. The number of carbonyl (C=O) groups excluding carboxylic acids is 2. The van der Waals surface area contributed by atoms with Gasteiger partial charge >= 0.3 is 6.09 Å². The van der Waals surface area contributed by atoms with Gasteiger partial charge in [0, 0.05) is 44.7 Å². The van der Waals surface area contributed by atoms with Crippen LogP contribution >= 0.6 is 0 Å². The zero-order valence-electron chi connectivity index (χ0n) is 23.4. The van der Waals surface area contributed by atoms with Gasteiger partial charge in [0.15, 0.2) is 0 Å². The van der Waals surface area contributed by atoms with E-state index in [1.807, 2.05) is 56.0 Å². The first-order chi connectivity index (χ1) is 18.4. The van der Waals surface area contributed by atoms with Gasteiger partial charge < -0.3 is 25.0 Å². The first-order valence-corrected chi connectivity index (χ1v) is 13.8. The van der Waals surface area contributed by atoms with E-state index in [0.29, 0.717) is 51.3 Å². The van der Waals surface area contributed by atoms with Crippen LogP contribution in [0, 0.1) is 0 Å². The Kier molecular flexibility index (Phi) is 8.64. The first-order valence-electron chi connectivity index (χ1n) is 13.8. The summed E-state index contributed by atoms with van der Waals surface area (Å²) in [4.78, 5) is 45.8. The summed E-state index contributed by atoms with van der Waals surface area (Å²) >= 11 is 0. The van der Waals surface area contributed by atoms with Crippen LogP contribution in [0.4, 0.5) is 10.6 Å². The van der Waals surface area contributed by atoms with Crippen molar-refractivity contribution in [3.05, 3.63) is 58.6 Å². The van der Waals surface area contributed by atoms with Gasteiger partial charge in [-0.15, -0.1) is 0 Å². The molecule has 10 heteroatoms. The number of piperidine rings is 1. The number of aliphatic hydroxyl groups is 1.